The third-order valence-corrected chi connectivity index (χ3v) is 5.43. The highest BCUT2D eigenvalue weighted by Gasteiger charge is 2.42. The van der Waals surface area contributed by atoms with E-state index in [1.807, 2.05) is 0 Å². The predicted molar refractivity (Wildman–Crippen MR) is 83.6 cm³/mol. The van der Waals surface area contributed by atoms with Gasteiger partial charge in [0.1, 0.15) is 0 Å². The molecule has 1 aromatic rings. The molecule has 2 bridgehead atoms. The topological polar surface area (TPSA) is 9.23 Å². The average Bonchev–Trinajstić information content (AvgIpc) is 2.44. The van der Waals surface area contributed by atoms with Crippen molar-refractivity contribution in [3.05, 3.63) is 47.5 Å². The van der Waals surface area contributed by atoms with E-state index in [-0.39, 0.29) is 0 Å². The van der Waals surface area contributed by atoms with E-state index in [4.69, 9.17) is 4.74 Å². The highest BCUT2D eigenvalue weighted by Crippen LogP contribution is 2.45. The lowest BCUT2D eigenvalue weighted by Crippen LogP contribution is -2.46. The smallest absolute Gasteiger partial charge is 0.0646 e. The second kappa shape index (κ2) is 5.73. The number of rotatable bonds is 3. The van der Waals surface area contributed by atoms with Crippen molar-refractivity contribution in [2.45, 2.75) is 39.7 Å². The molecule has 20 heavy (non-hydrogen) atoms. The molecule has 2 aliphatic rings. The van der Waals surface area contributed by atoms with Crippen molar-refractivity contribution >= 4 is 0 Å². The van der Waals surface area contributed by atoms with Gasteiger partial charge in [0.15, 0.2) is 0 Å². The number of aryl methyl sites for hydroxylation is 1. The lowest BCUT2D eigenvalue weighted by Gasteiger charge is -2.47. The number of ether oxygens (including phenoxy) is 1. The first-order valence-corrected chi connectivity index (χ1v) is 8.00. The van der Waals surface area contributed by atoms with Gasteiger partial charge in [0.25, 0.3) is 0 Å². The molecule has 0 N–H and O–H groups in total. The summed E-state index contributed by atoms with van der Waals surface area (Å²) >= 11 is 0. The van der Waals surface area contributed by atoms with Crippen molar-refractivity contribution in [3.63, 3.8) is 0 Å². The first-order valence-electron chi connectivity index (χ1n) is 8.00. The van der Waals surface area contributed by atoms with Gasteiger partial charge in [-0.15, -0.1) is 0 Å². The summed E-state index contributed by atoms with van der Waals surface area (Å²) in [6.45, 7) is 8.02. The van der Waals surface area contributed by atoms with Gasteiger partial charge in [-0.1, -0.05) is 55.8 Å². The van der Waals surface area contributed by atoms with Crippen LogP contribution in [-0.2, 0) is 11.2 Å². The first-order chi connectivity index (χ1) is 9.66. The van der Waals surface area contributed by atoms with E-state index in [1.54, 1.807) is 5.57 Å². The van der Waals surface area contributed by atoms with Crippen LogP contribution in [0.1, 0.15) is 32.8 Å². The summed E-state index contributed by atoms with van der Waals surface area (Å²) in [7, 11) is 0. The van der Waals surface area contributed by atoms with Gasteiger partial charge < -0.3 is 4.74 Å². The molecule has 1 aliphatic heterocycles. The molecular formula is C19H26O. The van der Waals surface area contributed by atoms with Crippen molar-refractivity contribution in [1.82, 2.24) is 0 Å². The van der Waals surface area contributed by atoms with Crippen LogP contribution in [0.4, 0.5) is 0 Å². The Morgan fingerprint density at radius 2 is 1.90 bits per heavy atom. The monoisotopic (exact) mass is 270 g/mol. The van der Waals surface area contributed by atoms with E-state index in [9.17, 15) is 0 Å². The maximum atomic E-state index is 6.24. The molecule has 1 heterocycles. The van der Waals surface area contributed by atoms with Crippen molar-refractivity contribution < 1.29 is 4.74 Å². The molecule has 1 nitrogen and oxygen atoms in total. The van der Waals surface area contributed by atoms with Crippen LogP contribution in [0.15, 0.2) is 42.0 Å². The van der Waals surface area contributed by atoms with Gasteiger partial charge in [-0.25, -0.2) is 0 Å². The molecular weight excluding hydrogens is 244 g/mol. The molecule has 1 aliphatic carbocycles. The van der Waals surface area contributed by atoms with Crippen LogP contribution in [-0.4, -0.2) is 12.7 Å². The molecule has 1 aromatic carbocycles. The molecule has 108 valence electrons. The number of hydrogen-bond donors (Lipinski definition) is 0. The van der Waals surface area contributed by atoms with Crippen molar-refractivity contribution in [1.29, 1.82) is 0 Å². The van der Waals surface area contributed by atoms with Gasteiger partial charge in [-0.3, -0.25) is 0 Å². The summed E-state index contributed by atoms with van der Waals surface area (Å²) in [4.78, 5) is 0. The molecule has 0 saturated carbocycles. The fraction of sp³-hybridized carbons (Fsp3) is 0.579. The molecule has 1 heteroatoms. The maximum absolute atomic E-state index is 6.24. The second-order valence-corrected chi connectivity index (χ2v) is 6.71. The van der Waals surface area contributed by atoms with E-state index in [1.165, 1.54) is 5.56 Å². The van der Waals surface area contributed by atoms with Gasteiger partial charge in [0.2, 0.25) is 0 Å². The maximum Gasteiger partial charge on any atom is 0.0646 e. The molecule has 0 spiro atoms. The van der Waals surface area contributed by atoms with Crippen molar-refractivity contribution in [3.8, 4) is 0 Å². The zero-order chi connectivity index (χ0) is 14.1. The summed E-state index contributed by atoms with van der Waals surface area (Å²) in [5, 5.41) is 0. The fourth-order valence-electron chi connectivity index (χ4n) is 4.30. The largest absolute Gasteiger partial charge is 0.377 e. The third kappa shape index (κ3) is 2.56. The Morgan fingerprint density at radius 3 is 2.65 bits per heavy atom. The standard InChI is InChI=1S/C19H26O/c1-13-11-14(2)19-15(3)17(13)12-20-18(19)10-9-16-7-5-4-6-8-16/h4-8,11,13,15,17-19H,9-10,12H2,1-3H3/t13-,15+,17+,18+,19-/m0/s1. The van der Waals surface area contributed by atoms with Crippen molar-refractivity contribution in [2.75, 3.05) is 6.61 Å². The molecule has 0 amide bonds. The molecule has 3 rings (SSSR count). The van der Waals surface area contributed by atoms with Crippen LogP contribution in [0.5, 0.6) is 0 Å². The summed E-state index contributed by atoms with van der Waals surface area (Å²) in [5.74, 6) is 2.80. The SMILES string of the molecule is CC1=C[C@H](C)[C@H]2CO[C@H](CCc3ccccc3)[C@@H]1[C@@H]2C. The van der Waals surface area contributed by atoms with Gasteiger partial charge in [0.05, 0.1) is 12.7 Å². The summed E-state index contributed by atoms with van der Waals surface area (Å²) in [6.07, 6.45) is 5.17. The number of fused-ring (bicyclic) bond motifs is 2. The molecule has 1 fully saturated rings. The highest BCUT2D eigenvalue weighted by molar-refractivity contribution is 5.18. The molecule has 5 atom stereocenters. The van der Waals surface area contributed by atoms with Crippen LogP contribution < -0.4 is 0 Å². The fourth-order valence-corrected chi connectivity index (χ4v) is 4.30. The Hall–Kier alpha value is -1.08. The number of allylic oxidation sites excluding steroid dienone is 1. The van der Waals surface area contributed by atoms with Gasteiger partial charge in [0, 0.05) is 5.92 Å². The normalized spacial score (nSPS) is 36.5. The average molecular weight is 270 g/mol. The highest BCUT2D eigenvalue weighted by atomic mass is 16.5. The lowest BCUT2D eigenvalue weighted by atomic mass is 9.65. The van der Waals surface area contributed by atoms with Crippen LogP contribution in [0.2, 0.25) is 0 Å². The minimum Gasteiger partial charge on any atom is -0.377 e. The van der Waals surface area contributed by atoms with E-state index in [0.29, 0.717) is 17.9 Å². The summed E-state index contributed by atoms with van der Waals surface area (Å²) < 4.78 is 6.24. The zero-order valence-corrected chi connectivity index (χ0v) is 12.9. The first kappa shape index (κ1) is 13.9. The Labute approximate surface area is 123 Å². The quantitative estimate of drug-likeness (QED) is 0.736. The van der Waals surface area contributed by atoms with Gasteiger partial charge in [-0.2, -0.15) is 0 Å². The Bertz CT molecular complexity index is 476. The molecule has 0 radical (unpaired) electrons. The van der Waals surface area contributed by atoms with E-state index >= 15 is 0 Å². The minimum absolute atomic E-state index is 0.408. The summed E-state index contributed by atoms with van der Waals surface area (Å²) in [5.41, 5.74) is 2.98. The Balaban J connectivity index is 1.70. The molecule has 1 saturated heterocycles. The molecule has 0 unspecified atom stereocenters. The van der Waals surface area contributed by atoms with Gasteiger partial charge >= 0.3 is 0 Å². The zero-order valence-electron chi connectivity index (χ0n) is 12.9. The molecule has 0 aromatic heterocycles. The van der Waals surface area contributed by atoms with Crippen molar-refractivity contribution in [2.24, 2.45) is 23.7 Å². The predicted octanol–water partition coefficient (Wildman–Crippen LogP) is 4.48. The van der Waals surface area contributed by atoms with E-state index in [2.05, 4.69) is 57.2 Å². The third-order valence-electron chi connectivity index (χ3n) is 5.43. The van der Waals surface area contributed by atoms with Crippen LogP contribution in [0, 0.1) is 23.7 Å². The minimum atomic E-state index is 0.408. The second-order valence-electron chi connectivity index (χ2n) is 6.71. The lowest BCUT2D eigenvalue weighted by molar-refractivity contribution is -0.0935. The summed E-state index contributed by atoms with van der Waals surface area (Å²) in [6, 6.07) is 10.8. The van der Waals surface area contributed by atoms with Gasteiger partial charge in [-0.05, 0) is 43.1 Å². The van der Waals surface area contributed by atoms with E-state index in [0.717, 1.165) is 31.3 Å². The Kier molecular flexibility index (Phi) is 3.98. The van der Waals surface area contributed by atoms with Crippen LogP contribution >= 0.6 is 0 Å². The number of benzene rings is 1. The van der Waals surface area contributed by atoms with Crippen LogP contribution in [0.3, 0.4) is 0 Å². The van der Waals surface area contributed by atoms with E-state index < -0.39 is 0 Å². The van der Waals surface area contributed by atoms with Crippen LogP contribution in [0.25, 0.3) is 0 Å². The Morgan fingerprint density at radius 1 is 1.15 bits per heavy atom. The number of hydrogen-bond acceptors (Lipinski definition) is 1.